The molecule has 2 amide bonds. The van der Waals surface area contributed by atoms with Crippen LogP contribution < -0.4 is 10.1 Å². The molecule has 1 aromatic heterocycles. The van der Waals surface area contributed by atoms with Crippen LogP contribution in [0.15, 0.2) is 46.9 Å². The minimum Gasteiger partial charge on any atom is -0.426 e. The van der Waals surface area contributed by atoms with E-state index in [9.17, 15) is 9.59 Å². The fourth-order valence-corrected chi connectivity index (χ4v) is 3.67. The van der Waals surface area contributed by atoms with Crippen LogP contribution in [-0.4, -0.2) is 36.3 Å². The van der Waals surface area contributed by atoms with Crippen LogP contribution in [0.5, 0.6) is 11.7 Å². The van der Waals surface area contributed by atoms with Crippen molar-refractivity contribution in [3.05, 3.63) is 48.2 Å². The Kier molecular flexibility index (Phi) is 3.95. The van der Waals surface area contributed by atoms with E-state index in [1.807, 2.05) is 30.3 Å². The molecular weight excluding hydrogens is 320 g/mol. The molecule has 2 aliphatic rings. The van der Waals surface area contributed by atoms with Crippen molar-refractivity contribution >= 4 is 11.8 Å². The summed E-state index contributed by atoms with van der Waals surface area (Å²) in [5.74, 6) is 1.13. The summed E-state index contributed by atoms with van der Waals surface area (Å²) in [6, 6.07) is 12.6. The smallest absolute Gasteiger partial charge is 0.290 e. The second-order valence-electron chi connectivity index (χ2n) is 6.82. The molecule has 1 atom stereocenters. The Labute approximate surface area is 145 Å². The van der Waals surface area contributed by atoms with Crippen molar-refractivity contribution in [2.75, 3.05) is 19.6 Å². The molecule has 6 heteroatoms. The van der Waals surface area contributed by atoms with E-state index in [1.165, 1.54) is 0 Å². The highest BCUT2D eigenvalue weighted by Crippen LogP contribution is 2.36. The molecule has 4 rings (SSSR count). The highest BCUT2D eigenvalue weighted by atomic mass is 16.6. The van der Waals surface area contributed by atoms with E-state index in [1.54, 1.807) is 17.0 Å². The number of rotatable bonds is 3. The van der Waals surface area contributed by atoms with E-state index < -0.39 is 0 Å². The van der Waals surface area contributed by atoms with E-state index in [0.29, 0.717) is 37.8 Å². The van der Waals surface area contributed by atoms with Gasteiger partial charge >= 0.3 is 0 Å². The summed E-state index contributed by atoms with van der Waals surface area (Å²) in [6.45, 7) is 1.92. The van der Waals surface area contributed by atoms with Crippen molar-refractivity contribution in [2.24, 2.45) is 5.41 Å². The summed E-state index contributed by atoms with van der Waals surface area (Å²) in [5.41, 5.74) is -0.124. The minimum absolute atomic E-state index is 0.0749. The molecule has 6 nitrogen and oxygen atoms in total. The molecule has 0 unspecified atom stereocenters. The average Bonchev–Trinajstić information content (AvgIpc) is 3.22. The number of amides is 2. The van der Waals surface area contributed by atoms with E-state index >= 15 is 0 Å². The monoisotopic (exact) mass is 340 g/mol. The number of carbonyl (C=O) groups is 2. The lowest BCUT2D eigenvalue weighted by molar-refractivity contribution is -0.119. The highest BCUT2D eigenvalue weighted by Gasteiger charge is 2.43. The molecule has 0 saturated carbocycles. The van der Waals surface area contributed by atoms with Gasteiger partial charge in [0.25, 0.3) is 11.9 Å². The lowest BCUT2D eigenvalue weighted by atomic mass is 9.79. The maximum Gasteiger partial charge on any atom is 0.290 e. The van der Waals surface area contributed by atoms with Gasteiger partial charge in [-0.3, -0.25) is 9.59 Å². The Balaban J connectivity index is 1.45. The molecule has 2 aliphatic heterocycles. The SMILES string of the molecule is O=C1C[C@]2(CCCN(C(=O)c3ccc(Oc4ccccc4)o3)C2)CN1. The number of furan rings is 1. The molecule has 25 heavy (non-hydrogen) atoms. The Hall–Kier alpha value is -2.76. The lowest BCUT2D eigenvalue weighted by Gasteiger charge is -2.38. The third kappa shape index (κ3) is 3.24. The zero-order chi connectivity index (χ0) is 17.3. The second-order valence-corrected chi connectivity index (χ2v) is 6.82. The predicted octanol–water partition coefficient (Wildman–Crippen LogP) is 2.81. The Morgan fingerprint density at radius 1 is 1.20 bits per heavy atom. The predicted molar refractivity (Wildman–Crippen MR) is 90.4 cm³/mol. The van der Waals surface area contributed by atoms with Crippen LogP contribution in [0.3, 0.4) is 0 Å². The highest BCUT2D eigenvalue weighted by molar-refractivity contribution is 5.92. The topological polar surface area (TPSA) is 71.8 Å². The third-order valence-electron chi connectivity index (χ3n) is 4.90. The summed E-state index contributed by atoms with van der Waals surface area (Å²) >= 11 is 0. The van der Waals surface area contributed by atoms with Crippen LogP contribution in [0.4, 0.5) is 0 Å². The van der Waals surface area contributed by atoms with E-state index in [0.717, 1.165) is 12.8 Å². The number of likely N-dealkylation sites (tertiary alicyclic amines) is 1. The summed E-state index contributed by atoms with van der Waals surface area (Å²) < 4.78 is 11.2. The number of ether oxygens (including phenoxy) is 1. The van der Waals surface area contributed by atoms with E-state index in [2.05, 4.69) is 5.32 Å². The molecule has 0 radical (unpaired) electrons. The molecule has 0 bridgehead atoms. The average molecular weight is 340 g/mol. The second kappa shape index (κ2) is 6.27. The standard InChI is InChI=1S/C19H20N2O4/c22-16-11-19(12-20-16)9-4-10-21(13-19)18(23)15-7-8-17(25-15)24-14-5-2-1-3-6-14/h1-3,5-8H,4,9-13H2,(H,20,22)/t19-/m1/s1. The van der Waals surface area contributed by atoms with Gasteiger partial charge in [0, 0.05) is 37.5 Å². The van der Waals surface area contributed by atoms with Crippen LogP contribution in [0.2, 0.25) is 0 Å². The van der Waals surface area contributed by atoms with Gasteiger partial charge in [0.15, 0.2) is 5.76 Å². The number of para-hydroxylation sites is 1. The van der Waals surface area contributed by atoms with Gasteiger partial charge in [-0.05, 0) is 31.0 Å². The Morgan fingerprint density at radius 2 is 2.04 bits per heavy atom. The zero-order valence-electron chi connectivity index (χ0n) is 13.9. The molecule has 1 aromatic carbocycles. The maximum atomic E-state index is 12.8. The molecule has 3 heterocycles. The van der Waals surface area contributed by atoms with Crippen LogP contribution in [0.25, 0.3) is 0 Å². The van der Waals surface area contributed by atoms with Crippen molar-refractivity contribution < 1.29 is 18.7 Å². The van der Waals surface area contributed by atoms with Gasteiger partial charge in [0.1, 0.15) is 5.75 Å². The van der Waals surface area contributed by atoms with E-state index in [-0.39, 0.29) is 23.0 Å². The Bertz CT molecular complexity index is 786. The number of benzene rings is 1. The fourth-order valence-electron chi connectivity index (χ4n) is 3.67. The molecule has 2 saturated heterocycles. The van der Waals surface area contributed by atoms with E-state index in [4.69, 9.17) is 9.15 Å². The first-order valence-electron chi connectivity index (χ1n) is 8.52. The summed E-state index contributed by atoms with van der Waals surface area (Å²) in [5, 5.41) is 2.89. The van der Waals surface area contributed by atoms with Crippen molar-refractivity contribution in [1.82, 2.24) is 10.2 Å². The molecule has 0 aliphatic carbocycles. The quantitative estimate of drug-likeness (QED) is 0.933. The van der Waals surface area contributed by atoms with Gasteiger partial charge in [-0.2, -0.15) is 0 Å². The van der Waals surface area contributed by atoms with Gasteiger partial charge < -0.3 is 19.4 Å². The summed E-state index contributed by atoms with van der Waals surface area (Å²) in [4.78, 5) is 26.1. The normalized spacial score (nSPS) is 22.9. The first-order valence-corrected chi connectivity index (χ1v) is 8.52. The van der Waals surface area contributed by atoms with Gasteiger partial charge in [0.2, 0.25) is 5.91 Å². The van der Waals surface area contributed by atoms with Crippen LogP contribution >= 0.6 is 0 Å². The number of piperidine rings is 1. The summed E-state index contributed by atoms with van der Waals surface area (Å²) in [7, 11) is 0. The fraction of sp³-hybridized carbons (Fsp3) is 0.368. The van der Waals surface area contributed by atoms with Crippen molar-refractivity contribution in [3.63, 3.8) is 0 Å². The molecule has 2 aromatic rings. The van der Waals surface area contributed by atoms with Gasteiger partial charge in [-0.1, -0.05) is 18.2 Å². The summed E-state index contributed by atoms with van der Waals surface area (Å²) in [6.07, 6.45) is 2.36. The number of hydrogen-bond acceptors (Lipinski definition) is 4. The lowest BCUT2D eigenvalue weighted by Crippen LogP contribution is -2.47. The maximum absolute atomic E-state index is 12.8. The third-order valence-corrected chi connectivity index (χ3v) is 4.90. The first-order chi connectivity index (χ1) is 12.1. The van der Waals surface area contributed by atoms with Crippen LogP contribution in [0, 0.1) is 5.41 Å². The van der Waals surface area contributed by atoms with Gasteiger partial charge in [-0.15, -0.1) is 0 Å². The number of nitrogens with zero attached hydrogens (tertiary/aromatic N) is 1. The van der Waals surface area contributed by atoms with Gasteiger partial charge in [-0.25, -0.2) is 0 Å². The van der Waals surface area contributed by atoms with Crippen LogP contribution in [0.1, 0.15) is 29.8 Å². The molecule has 2 fully saturated rings. The number of carbonyl (C=O) groups excluding carboxylic acids is 2. The first kappa shape index (κ1) is 15.7. The number of nitrogens with one attached hydrogen (secondary N) is 1. The molecule has 1 N–H and O–H groups in total. The minimum atomic E-state index is -0.152. The van der Waals surface area contributed by atoms with Crippen molar-refractivity contribution in [1.29, 1.82) is 0 Å². The zero-order valence-corrected chi connectivity index (χ0v) is 13.9. The molecule has 1 spiro atoms. The molecule has 130 valence electrons. The van der Waals surface area contributed by atoms with Gasteiger partial charge in [0.05, 0.1) is 0 Å². The largest absolute Gasteiger partial charge is 0.426 e. The van der Waals surface area contributed by atoms with Crippen molar-refractivity contribution in [3.8, 4) is 11.7 Å². The number of hydrogen-bond donors (Lipinski definition) is 1. The molecular formula is C19H20N2O4. The van der Waals surface area contributed by atoms with Crippen molar-refractivity contribution in [2.45, 2.75) is 19.3 Å². The Morgan fingerprint density at radius 3 is 2.80 bits per heavy atom. The van der Waals surface area contributed by atoms with Crippen LogP contribution in [-0.2, 0) is 4.79 Å².